The molecule has 1 atom stereocenters. The third-order valence-electron chi connectivity index (χ3n) is 6.35. The molecule has 0 spiro atoms. The van der Waals surface area contributed by atoms with Gasteiger partial charge < -0.3 is 25.6 Å². The van der Waals surface area contributed by atoms with Crippen molar-refractivity contribution in [1.82, 2.24) is 10.6 Å². The number of aliphatic carboxylic acids is 1. The van der Waals surface area contributed by atoms with Crippen LogP contribution < -0.4 is 10.6 Å². The number of carboxylic acids is 1. The molecule has 0 bridgehead atoms. The Morgan fingerprint density at radius 1 is 1.00 bits per heavy atom. The summed E-state index contributed by atoms with van der Waals surface area (Å²) < 4.78 is 5.56. The Labute approximate surface area is 193 Å². The molecule has 2 amide bonds. The van der Waals surface area contributed by atoms with Gasteiger partial charge in [0.1, 0.15) is 18.2 Å². The van der Waals surface area contributed by atoms with Gasteiger partial charge in [-0.2, -0.15) is 0 Å². The molecular formula is C25H30N2O6. The number of aliphatic hydroxyl groups is 1. The number of amides is 2. The van der Waals surface area contributed by atoms with Gasteiger partial charge in [-0.05, 0) is 35.1 Å². The normalized spacial score (nSPS) is 13.5. The summed E-state index contributed by atoms with van der Waals surface area (Å²) in [5.41, 5.74) is 3.05. The number of aliphatic hydroxyl groups excluding tert-OH is 1. The van der Waals surface area contributed by atoms with E-state index in [0.717, 1.165) is 22.3 Å². The SMILES string of the molecule is CCC(CC)(NC(=O)OCC1c2ccccc2-c2ccccc21)C(=O)N[C@H](CCO)C(=O)O. The number of fused-ring (bicyclic) bond motifs is 3. The number of nitrogens with one attached hydrogen (secondary N) is 2. The average Bonchev–Trinajstić information content (AvgIpc) is 3.14. The van der Waals surface area contributed by atoms with Crippen molar-refractivity contribution in [1.29, 1.82) is 0 Å². The number of carboxylic acid groups (broad SMARTS) is 1. The summed E-state index contributed by atoms with van der Waals surface area (Å²) in [5, 5.41) is 23.4. The first kappa shape index (κ1) is 24.3. The highest BCUT2D eigenvalue weighted by molar-refractivity contribution is 5.92. The molecule has 0 saturated heterocycles. The first-order valence-electron chi connectivity index (χ1n) is 11.1. The lowest BCUT2D eigenvalue weighted by atomic mass is 9.91. The zero-order valence-electron chi connectivity index (χ0n) is 18.8. The smallest absolute Gasteiger partial charge is 0.408 e. The molecule has 0 aromatic heterocycles. The largest absolute Gasteiger partial charge is 0.480 e. The van der Waals surface area contributed by atoms with Crippen LogP contribution in [0.3, 0.4) is 0 Å². The Bertz CT molecular complexity index is 972. The number of ether oxygens (including phenoxy) is 1. The summed E-state index contributed by atoms with van der Waals surface area (Å²) in [4.78, 5) is 37.0. The number of alkyl carbamates (subject to hydrolysis) is 1. The highest BCUT2D eigenvalue weighted by Crippen LogP contribution is 2.44. The van der Waals surface area contributed by atoms with Crippen LogP contribution >= 0.6 is 0 Å². The van der Waals surface area contributed by atoms with E-state index in [2.05, 4.69) is 10.6 Å². The molecule has 8 heteroatoms. The van der Waals surface area contributed by atoms with E-state index in [-0.39, 0.29) is 38.4 Å². The fraction of sp³-hybridized carbons (Fsp3) is 0.400. The lowest BCUT2D eigenvalue weighted by Gasteiger charge is -2.32. The number of carbonyl (C=O) groups excluding carboxylic acids is 2. The molecule has 2 aromatic carbocycles. The molecule has 176 valence electrons. The summed E-state index contributed by atoms with van der Waals surface area (Å²) in [5.74, 6) is -1.99. The van der Waals surface area contributed by atoms with Crippen LogP contribution in [0.15, 0.2) is 48.5 Å². The molecule has 0 radical (unpaired) electrons. The molecule has 4 N–H and O–H groups in total. The lowest BCUT2D eigenvalue weighted by Crippen LogP contribution is -2.60. The van der Waals surface area contributed by atoms with Crippen molar-refractivity contribution in [2.24, 2.45) is 0 Å². The predicted octanol–water partition coefficient (Wildman–Crippen LogP) is 3.04. The summed E-state index contributed by atoms with van der Waals surface area (Å²) in [6, 6.07) is 14.7. The van der Waals surface area contributed by atoms with Gasteiger partial charge in [0.05, 0.1) is 0 Å². The van der Waals surface area contributed by atoms with Gasteiger partial charge in [0.15, 0.2) is 0 Å². The van der Waals surface area contributed by atoms with Crippen LogP contribution in [-0.2, 0) is 14.3 Å². The summed E-state index contributed by atoms with van der Waals surface area (Å²) >= 11 is 0. The molecule has 33 heavy (non-hydrogen) atoms. The van der Waals surface area contributed by atoms with Gasteiger partial charge in [-0.3, -0.25) is 4.79 Å². The predicted molar refractivity (Wildman–Crippen MR) is 123 cm³/mol. The van der Waals surface area contributed by atoms with E-state index in [1.165, 1.54) is 0 Å². The maximum atomic E-state index is 12.9. The van der Waals surface area contributed by atoms with Gasteiger partial charge in [0.25, 0.3) is 0 Å². The van der Waals surface area contributed by atoms with Crippen LogP contribution in [-0.4, -0.2) is 53.0 Å². The van der Waals surface area contributed by atoms with Gasteiger partial charge in [-0.25, -0.2) is 9.59 Å². The molecule has 3 rings (SSSR count). The van der Waals surface area contributed by atoms with Crippen molar-refractivity contribution in [3.05, 3.63) is 59.7 Å². The standard InChI is InChI=1S/C25H30N2O6/c1-3-25(4-2,23(31)26-21(13-14-28)22(29)30)27-24(32)33-15-20-18-11-7-5-9-16(18)17-10-6-8-12-19(17)20/h5-12,20-21,28H,3-4,13-15H2,1-2H3,(H,26,31)(H,27,32)(H,29,30)/t21-/m1/s1. The minimum absolute atomic E-state index is 0.104. The number of benzene rings is 2. The van der Waals surface area contributed by atoms with Crippen molar-refractivity contribution >= 4 is 18.0 Å². The zero-order valence-corrected chi connectivity index (χ0v) is 18.8. The molecule has 0 unspecified atom stereocenters. The second kappa shape index (κ2) is 10.5. The van der Waals surface area contributed by atoms with Gasteiger partial charge >= 0.3 is 12.1 Å². The number of carbonyl (C=O) groups is 3. The summed E-state index contributed by atoms with van der Waals surface area (Å²) in [7, 11) is 0. The molecule has 8 nitrogen and oxygen atoms in total. The first-order valence-corrected chi connectivity index (χ1v) is 11.1. The van der Waals surface area contributed by atoms with Crippen LogP contribution in [0.1, 0.15) is 50.2 Å². The van der Waals surface area contributed by atoms with Crippen LogP contribution in [0.2, 0.25) is 0 Å². The Kier molecular flexibility index (Phi) is 7.71. The molecule has 2 aromatic rings. The third kappa shape index (κ3) is 5.01. The fourth-order valence-corrected chi connectivity index (χ4v) is 4.32. The highest BCUT2D eigenvalue weighted by atomic mass is 16.5. The van der Waals surface area contributed by atoms with E-state index in [0.29, 0.717) is 0 Å². The molecule has 0 saturated carbocycles. The third-order valence-corrected chi connectivity index (χ3v) is 6.35. The van der Waals surface area contributed by atoms with Crippen molar-refractivity contribution in [3.63, 3.8) is 0 Å². The van der Waals surface area contributed by atoms with Gasteiger partial charge in [-0.15, -0.1) is 0 Å². The second-order valence-electron chi connectivity index (χ2n) is 8.12. The van der Waals surface area contributed by atoms with Crippen molar-refractivity contribution in [2.45, 2.75) is 50.6 Å². The van der Waals surface area contributed by atoms with Gasteiger partial charge in [0, 0.05) is 18.9 Å². The number of hydrogen-bond acceptors (Lipinski definition) is 5. The topological polar surface area (TPSA) is 125 Å². The van der Waals surface area contributed by atoms with E-state index in [1.807, 2.05) is 48.5 Å². The van der Waals surface area contributed by atoms with Crippen molar-refractivity contribution in [2.75, 3.05) is 13.2 Å². The molecule has 1 aliphatic carbocycles. The molecule has 1 aliphatic rings. The monoisotopic (exact) mass is 454 g/mol. The maximum Gasteiger partial charge on any atom is 0.408 e. The van der Waals surface area contributed by atoms with Crippen molar-refractivity contribution in [3.8, 4) is 11.1 Å². The molecule has 0 heterocycles. The first-order chi connectivity index (χ1) is 15.9. The highest BCUT2D eigenvalue weighted by Gasteiger charge is 2.39. The Balaban J connectivity index is 1.71. The molecule has 0 aliphatic heterocycles. The number of rotatable bonds is 10. The van der Waals surface area contributed by atoms with Gasteiger partial charge in [0.2, 0.25) is 5.91 Å². The average molecular weight is 455 g/mol. The summed E-state index contributed by atoms with van der Waals surface area (Å²) in [6.07, 6.45) is -0.393. The maximum absolute atomic E-state index is 12.9. The van der Waals surface area contributed by atoms with Crippen LogP contribution in [0, 0.1) is 0 Å². The molecule has 0 fully saturated rings. The Morgan fingerprint density at radius 3 is 2.03 bits per heavy atom. The molecular weight excluding hydrogens is 424 g/mol. The fourth-order valence-electron chi connectivity index (χ4n) is 4.32. The van der Waals surface area contributed by atoms with E-state index < -0.39 is 29.6 Å². The Hall–Kier alpha value is -3.39. The minimum atomic E-state index is -1.33. The van der Waals surface area contributed by atoms with Crippen LogP contribution in [0.25, 0.3) is 11.1 Å². The zero-order chi connectivity index (χ0) is 24.0. The minimum Gasteiger partial charge on any atom is -0.480 e. The van der Waals surface area contributed by atoms with E-state index in [1.54, 1.807) is 13.8 Å². The quantitative estimate of drug-likeness (QED) is 0.437. The van der Waals surface area contributed by atoms with E-state index in [4.69, 9.17) is 9.84 Å². The van der Waals surface area contributed by atoms with Crippen LogP contribution in [0.5, 0.6) is 0 Å². The lowest BCUT2D eigenvalue weighted by molar-refractivity contribution is -0.143. The van der Waals surface area contributed by atoms with E-state index in [9.17, 15) is 19.5 Å². The number of hydrogen-bond donors (Lipinski definition) is 4. The van der Waals surface area contributed by atoms with E-state index >= 15 is 0 Å². The summed E-state index contributed by atoms with van der Waals surface area (Å²) in [6.45, 7) is 3.18. The van der Waals surface area contributed by atoms with Crippen LogP contribution in [0.4, 0.5) is 4.79 Å². The van der Waals surface area contributed by atoms with Gasteiger partial charge in [-0.1, -0.05) is 62.4 Å². The second-order valence-corrected chi connectivity index (χ2v) is 8.12. The Morgan fingerprint density at radius 2 is 1.55 bits per heavy atom. The van der Waals surface area contributed by atoms with Crippen molar-refractivity contribution < 1.29 is 29.3 Å².